The molecule has 88 valence electrons. The van der Waals surface area contributed by atoms with Gasteiger partial charge in [0.2, 0.25) is 0 Å². The Labute approximate surface area is 97.1 Å². The number of carboxylic acids is 1. The van der Waals surface area contributed by atoms with Gasteiger partial charge in [0.05, 0.1) is 5.69 Å². The Morgan fingerprint density at radius 2 is 2.24 bits per heavy atom. The maximum Gasteiger partial charge on any atom is 0.326 e. The van der Waals surface area contributed by atoms with Crippen LogP contribution in [0.5, 0.6) is 0 Å². The Bertz CT molecular complexity index is 588. The molecule has 6 heteroatoms. The monoisotopic (exact) mass is 232 g/mol. The Kier molecular flexibility index (Phi) is 2.12. The molecule has 2 aromatic heterocycles. The van der Waals surface area contributed by atoms with E-state index in [0.717, 1.165) is 18.7 Å². The molecule has 0 spiro atoms. The van der Waals surface area contributed by atoms with Crippen molar-refractivity contribution >= 4 is 11.6 Å². The predicted molar refractivity (Wildman–Crippen MR) is 59.5 cm³/mol. The maximum atomic E-state index is 11.0. The third kappa shape index (κ3) is 1.57. The summed E-state index contributed by atoms with van der Waals surface area (Å²) in [5, 5.41) is 17.2. The number of hydrogen-bond donors (Lipinski definition) is 2. The van der Waals surface area contributed by atoms with Gasteiger partial charge in [-0.15, -0.1) is 10.2 Å². The van der Waals surface area contributed by atoms with Crippen LogP contribution in [0, 0.1) is 0 Å². The van der Waals surface area contributed by atoms with Gasteiger partial charge in [0.25, 0.3) is 0 Å². The van der Waals surface area contributed by atoms with Crippen molar-refractivity contribution in [3.05, 3.63) is 29.7 Å². The molecule has 1 fully saturated rings. The van der Waals surface area contributed by atoms with Crippen molar-refractivity contribution in [2.75, 3.05) is 0 Å². The van der Waals surface area contributed by atoms with E-state index < -0.39 is 12.0 Å². The van der Waals surface area contributed by atoms with E-state index in [-0.39, 0.29) is 0 Å². The molecule has 3 rings (SSSR count). The van der Waals surface area contributed by atoms with Crippen LogP contribution in [0.3, 0.4) is 0 Å². The SMILES string of the molecule is NC(C(=O)O)c1cccc2nnc(C3CC3)n12. The minimum absolute atomic E-state index is 0.396. The van der Waals surface area contributed by atoms with Crippen molar-refractivity contribution < 1.29 is 9.90 Å². The third-order valence-electron chi connectivity index (χ3n) is 3.01. The fourth-order valence-electron chi connectivity index (χ4n) is 1.96. The zero-order chi connectivity index (χ0) is 12.0. The van der Waals surface area contributed by atoms with Gasteiger partial charge >= 0.3 is 5.97 Å². The summed E-state index contributed by atoms with van der Waals surface area (Å²) >= 11 is 0. The molecule has 1 aliphatic carbocycles. The van der Waals surface area contributed by atoms with Crippen LogP contribution in [0.15, 0.2) is 18.2 Å². The molecule has 0 aromatic carbocycles. The van der Waals surface area contributed by atoms with Crippen LogP contribution in [-0.4, -0.2) is 25.7 Å². The van der Waals surface area contributed by atoms with Gasteiger partial charge in [-0.3, -0.25) is 9.20 Å². The fourth-order valence-corrected chi connectivity index (χ4v) is 1.96. The van der Waals surface area contributed by atoms with Crippen molar-refractivity contribution in [3.63, 3.8) is 0 Å². The number of fused-ring (bicyclic) bond motifs is 1. The van der Waals surface area contributed by atoms with Crippen molar-refractivity contribution in [1.29, 1.82) is 0 Å². The van der Waals surface area contributed by atoms with E-state index in [1.54, 1.807) is 22.6 Å². The molecule has 1 aliphatic rings. The number of hydrogen-bond acceptors (Lipinski definition) is 4. The Morgan fingerprint density at radius 3 is 2.88 bits per heavy atom. The molecule has 17 heavy (non-hydrogen) atoms. The molecule has 2 aromatic rings. The van der Waals surface area contributed by atoms with Crippen LogP contribution in [0.25, 0.3) is 5.65 Å². The second kappa shape index (κ2) is 3.53. The summed E-state index contributed by atoms with van der Waals surface area (Å²) in [5.74, 6) is 0.174. The van der Waals surface area contributed by atoms with Gasteiger partial charge in [-0.2, -0.15) is 0 Å². The smallest absolute Gasteiger partial charge is 0.326 e. The largest absolute Gasteiger partial charge is 0.480 e. The molecule has 3 N–H and O–H groups in total. The molecule has 1 saturated carbocycles. The third-order valence-corrected chi connectivity index (χ3v) is 3.01. The van der Waals surface area contributed by atoms with Crippen molar-refractivity contribution in [3.8, 4) is 0 Å². The number of carboxylic acid groups (broad SMARTS) is 1. The van der Waals surface area contributed by atoms with Gasteiger partial charge in [0.1, 0.15) is 11.9 Å². The number of nitrogens with two attached hydrogens (primary N) is 1. The fraction of sp³-hybridized carbons (Fsp3) is 0.364. The first-order valence-electron chi connectivity index (χ1n) is 5.51. The quantitative estimate of drug-likeness (QED) is 0.812. The number of aromatic nitrogens is 3. The number of aliphatic carboxylic acids is 1. The Balaban J connectivity index is 2.22. The van der Waals surface area contributed by atoms with E-state index in [0.29, 0.717) is 17.3 Å². The van der Waals surface area contributed by atoms with Crippen LogP contribution in [0.1, 0.15) is 36.3 Å². The first-order chi connectivity index (χ1) is 8.18. The minimum atomic E-state index is -1.05. The standard InChI is InChI=1S/C11H12N4O2/c12-9(11(16)17)7-2-1-3-8-13-14-10(15(7)8)6-4-5-6/h1-3,6,9H,4-5,12H2,(H,16,17). The van der Waals surface area contributed by atoms with E-state index in [1.165, 1.54) is 0 Å². The number of nitrogens with zero attached hydrogens (tertiary/aromatic N) is 3. The average molecular weight is 232 g/mol. The van der Waals surface area contributed by atoms with E-state index in [2.05, 4.69) is 10.2 Å². The molecule has 1 unspecified atom stereocenters. The summed E-state index contributed by atoms with van der Waals surface area (Å²) in [6, 6.07) is 4.21. The topological polar surface area (TPSA) is 93.5 Å². The van der Waals surface area contributed by atoms with Crippen LogP contribution >= 0.6 is 0 Å². The summed E-state index contributed by atoms with van der Waals surface area (Å²) < 4.78 is 1.77. The molecule has 0 aliphatic heterocycles. The van der Waals surface area contributed by atoms with Gasteiger partial charge in [0, 0.05) is 5.92 Å². The molecule has 1 atom stereocenters. The maximum absolute atomic E-state index is 11.0. The lowest BCUT2D eigenvalue weighted by atomic mass is 10.2. The molecule has 6 nitrogen and oxygen atoms in total. The lowest BCUT2D eigenvalue weighted by Crippen LogP contribution is -2.23. The van der Waals surface area contributed by atoms with E-state index in [1.807, 2.05) is 0 Å². The lowest BCUT2D eigenvalue weighted by Gasteiger charge is -2.10. The summed E-state index contributed by atoms with van der Waals surface area (Å²) in [7, 11) is 0. The first kappa shape index (κ1) is 10.2. The zero-order valence-electron chi connectivity index (χ0n) is 9.08. The van der Waals surface area contributed by atoms with Crippen LogP contribution in [0.4, 0.5) is 0 Å². The van der Waals surface area contributed by atoms with Gasteiger partial charge in [-0.05, 0) is 25.0 Å². The van der Waals surface area contributed by atoms with E-state index in [4.69, 9.17) is 10.8 Å². The number of carbonyl (C=O) groups is 1. The average Bonchev–Trinajstić information content (AvgIpc) is 3.07. The highest BCUT2D eigenvalue weighted by atomic mass is 16.4. The first-order valence-corrected chi connectivity index (χ1v) is 5.51. The number of pyridine rings is 1. The van der Waals surface area contributed by atoms with Crippen molar-refractivity contribution in [2.45, 2.75) is 24.8 Å². The normalized spacial score (nSPS) is 17.2. The summed E-state index contributed by atoms with van der Waals surface area (Å²) in [6.45, 7) is 0. The lowest BCUT2D eigenvalue weighted by molar-refractivity contribution is -0.138. The van der Waals surface area contributed by atoms with Crippen LogP contribution < -0.4 is 5.73 Å². The predicted octanol–water partition coefficient (Wildman–Crippen LogP) is 0.691. The minimum Gasteiger partial charge on any atom is -0.480 e. The Hall–Kier alpha value is -1.95. The Morgan fingerprint density at radius 1 is 1.47 bits per heavy atom. The molecular weight excluding hydrogens is 220 g/mol. The summed E-state index contributed by atoms with van der Waals surface area (Å²) in [6.07, 6.45) is 2.16. The van der Waals surface area contributed by atoms with E-state index >= 15 is 0 Å². The van der Waals surface area contributed by atoms with Gasteiger partial charge in [0.15, 0.2) is 5.65 Å². The van der Waals surface area contributed by atoms with Gasteiger partial charge < -0.3 is 10.8 Å². The summed E-state index contributed by atoms with van der Waals surface area (Å²) in [5.41, 5.74) is 6.86. The molecule has 0 radical (unpaired) electrons. The zero-order valence-corrected chi connectivity index (χ0v) is 9.08. The highest BCUT2D eigenvalue weighted by Crippen LogP contribution is 2.39. The van der Waals surface area contributed by atoms with Crippen molar-refractivity contribution in [1.82, 2.24) is 14.6 Å². The highest BCUT2D eigenvalue weighted by molar-refractivity contribution is 5.75. The van der Waals surface area contributed by atoms with Gasteiger partial charge in [-0.1, -0.05) is 6.07 Å². The molecule has 0 saturated heterocycles. The highest BCUT2D eigenvalue weighted by Gasteiger charge is 2.30. The molecule has 0 bridgehead atoms. The van der Waals surface area contributed by atoms with Crippen molar-refractivity contribution in [2.24, 2.45) is 5.73 Å². The van der Waals surface area contributed by atoms with Crippen LogP contribution in [0.2, 0.25) is 0 Å². The molecule has 2 heterocycles. The second-order valence-corrected chi connectivity index (χ2v) is 4.29. The number of rotatable bonds is 3. The van der Waals surface area contributed by atoms with Crippen LogP contribution in [-0.2, 0) is 4.79 Å². The van der Waals surface area contributed by atoms with Gasteiger partial charge in [-0.25, -0.2) is 0 Å². The molecular formula is C11H12N4O2. The summed E-state index contributed by atoms with van der Waals surface area (Å²) in [4.78, 5) is 11.0. The second-order valence-electron chi connectivity index (χ2n) is 4.29. The molecule has 0 amide bonds. The van der Waals surface area contributed by atoms with E-state index in [9.17, 15) is 4.79 Å².